The highest BCUT2D eigenvalue weighted by atomic mass is 32.2. The Morgan fingerprint density at radius 2 is 1.66 bits per heavy atom. The van der Waals surface area contributed by atoms with Gasteiger partial charge in [-0.15, -0.1) is 11.3 Å². The lowest BCUT2D eigenvalue weighted by molar-refractivity contribution is 0.0848. The van der Waals surface area contributed by atoms with Crippen LogP contribution < -0.4 is 10.9 Å². The fourth-order valence-electron chi connectivity index (χ4n) is 2.80. The van der Waals surface area contributed by atoms with Crippen molar-refractivity contribution in [3.63, 3.8) is 0 Å². The number of carbonyl (C=O) groups excluding carboxylic acids is 2. The van der Waals surface area contributed by atoms with Crippen LogP contribution in [0.1, 0.15) is 39.6 Å². The summed E-state index contributed by atoms with van der Waals surface area (Å²) < 4.78 is 26.6. The zero-order valence-electron chi connectivity index (χ0n) is 18.1. The van der Waals surface area contributed by atoms with E-state index in [9.17, 15) is 18.0 Å². The fourth-order valence-corrected chi connectivity index (χ4v) is 5.18. The quantitative estimate of drug-likeness (QED) is 0.536. The molecule has 1 aromatic heterocycles. The molecule has 1 heterocycles. The van der Waals surface area contributed by atoms with Crippen LogP contribution in [-0.4, -0.2) is 42.6 Å². The fraction of sp³-hybridized carbons (Fsp3) is 0.227. The number of sulfonamides is 1. The van der Waals surface area contributed by atoms with Crippen LogP contribution in [0.5, 0.6) is 0 Å². The van der Waals surface area contributed by atoms with Gasteiger partial charge in [-0.05, 0) is 39.0 Å². The lowest BCUT2D eigenvalue weighted by atomic mass is 10.2. The van der Waals surface area contributed by atoms with E-state index in [1.807, 2.05) is 30.3 Å². The zero-order valence-corrected chi connectivity index (χ0v) is 19.8. The average molecular weight is 473 g/mol. The van der Waals surface area contributed by atoms with Crippen LogP contribution in [0.15, 0.2) is 59.5 Å². The summed E-state index contributed by atoms with van der Waals surface area (Å²) in [6.07, 6.45) is 0. The molecule has 10 heteroatoms. The van der Waals surface area contributed by atoms with Crippen molar-refractivity contribution < 1.29 is 18.0 Å². The van der Waals surface area contributed by atoms with Gasteiger partial charge < -0.3 is 0 Å². The van der Waals surface area contributed by atoms with Gasteiger partial charge >= 0.3 is 0 Å². The van der Waals surface area contributed by atoms with Crippen molar-refractivity contribution in [1.29, 1.82) is 0 Å². The molecule has 0 aliphatic rings. The van der Waals surface area contributed by atoms with Crippen molar-refractivity contribution in [2.75, 3.05) is 7.05 Å². The van der Waals surface area contributed by atoms with E-state index in [1.54, 1.807) is 20.8 Å². The normalized spacial score (nSPS) is 11.6. The Morgan fingerprint density at radius 3 is 2.31 bits per heavy atom. The van der Waals surface area contributed by atoms with E-state index in [4.69, 9.17) is 0 Å². The number of hydrogen-bond acceptors (Lipinski definition) is 6. The first-order valence-corrected chi connectivity index (χ1v) is 12.1. The third-order valence-electron chi connectivity index (χ3n) is 4.81. The molecule has 0 saturated carbocycles. The number of aromatic nitrogens is 1. The maximum absolute atomic E-state index is 12.7. The summed E-state index contributed by atoms with van der Waals surface area (Å²) in [6.45, 7) is 5.24. The Labute approximate surface area is 191 Å². The Hall–Kier alpha value is -3.08. The first-order valence-electron chi connectivity index (χ1n) is 9.83. The van der Waals surface area contributed by atoms with Gasteiger partial charge in [0.1, 0.15) is 9.88 Å². The minimum Gasteiger partial charge on any atom is -0.267 e. The van der Waals surface area contributed by atoms with E-state index >= 15 is 0 Å². The second kappa shape index (κ2) is 9.60. The lowest BCUT2D eigenvalue weighted by Crippen LogP contribution is -2.41. The van der Waals surface area contributed by atoms with Gasteiger partial charge in [0, 0.05) is 24.2 Å². The van der Waals surface area contributed by atoms with Gasteiger partial charge in [-0.1, -0.05) is 36.4 Å². The smallest absolute Gasteiger partial charge is 0.267 e. The Balaban J connectivity index is 1.72. The second-order valence-corrected chi connectivity index (χ2v) is 10.3. The first kappa shape index (κ1) is 23.6. The summed E-state index contributed by atoms with van der Waals surface area (Å²) >= 11 is 1.22. The van der Waals surface area contributed by atoms with Crippen molar-refractivity contribution >= 4 is 33.2 Å². The number of nitrogens with one attached hydrogen (secondary N) is 2. The van der Waals surface area contributed by atoms with Crippen LogP contribution in [0, 0.1) is 6.92 Å². The predicted octanol–water partition coefficient (Wildman–Crippen LogP) is 3.22. The molecule has 0 atom stereocenters. The molecule has 0 spiro atoms. The summed E-state index contributed by atoms with van der Waals surface area (Å²) in [4.78, 5) is 29.9. The van der Waals surface area contributed by atoms with E-state index in [0.29, 0.717) is 15.6 Å². The second-order valence-electron chi connectivity index (χ2n) is 7.35. The molecule has 0 radical (unpaired) electrons. The summed E-state index contributed by atoms with van der Waals surface area (Å²) in [6, 6.07) is 14.9. The van der Waals surface area contributed by atoms with Crippen molar-refractivity contribution in [3.8, 4) is 10.6 Å². The van der Waals surface area contributed by atoms with Crippen LogP contribution in [0.25, 0.3) is 10.6 Å². The molecule has 0 saturated heterocycles. The summed E-state index contributed by atoms with van der Waals surface area (Å²) in [5.74, 6) is -1.13. The number of benzene rings is 2. The van der Waals surface area contributed by atoms with Crippen LogP contribution in [0.2, 0.25) is 0 Å². The van der Waals surface area contributed by atoms with Gasteiger partial charge in [-0.25, -0.2) is 13.4 Å². The predicted molar refractivity (Wildman–Crippen MR) is 124 cm³/mol. The molecule has 0 bridgehead atoms. The van der Waals surface area contributed by atoms with Crippen LogP contribution in [0.3, 0.4) is 0 Å². The molecule has 0 fully saturated rings. The minimum atomic E-state index is -3.74. The van der Waals surface area contributed by atoms with Crippen LogP contribution in [-0.2, 0) is 10.0 Å². The van der Waals surface area contributed by atoms with E-state index in [-0.39, 0.29) is 16.5 Å². The number of carbonyl (C=O) groups is 2. The molecule has 2 N–H and O–H groups in total. The van der Waals surface area contributed by atoms with E-state index in [2.05, 4.69) is 15.8 Å². The lowest BCUT2D eigenvalue weighted by Gasteiger charge is -2.21. The molecule has 2 aromatic carbocycles. The maximum Gasteiger partial charge on any atom is 0.281 e. The average Bonchev–Trinajstić information content (AvgIpc) is 3.19. The molecule has 32 heavy (non-hydrogen) atoms. The maximum atomic E-state index is 12.7. The molecular weight excluding hydrogens is 448 g/mol. The number of amides is 2. The highest BCUT2D eigenvalue weighted by Crippen LogP contribution is 2.27. The summed E-state index contributed by atoms with van der Waals surface area (Å²) in [7, 11) is -2.26. The molecule has 2 amide bonds. The largest absolute Gasteiger partial charge is 0.281 e. The summed E-state index contributed by atoms with van der Waals surface area (Å²) in [5, 5.41) is 0.701. The van der Waals surface area contributed by atoms with Gasteiger partial charge in [0.25, 0.3) is 11.8 Å². The molecule has 0 unspecified atom stereocenters. The molecular formula is C22H24N4O4S2. The molecule has 0 aliphatic carbocycles. The van der Waals surface area contributed by atoms with E-state index < -0.39 is 21.8 Å². The Kier molecular flexibility index (Phi) is 7.07. The molecule has 8 nitrogen and oxygen atoms in total. The molecule has 3 aromatic rings. The highest BCUT2D eigenvalue weighted by molar-refractivity contribution is 7.89. The van der Waals surface area contributed by atoms with Gasteiger partial charge in [-0.3, -0.25) is 20.4 Å². The van der Waals surface area contributed by atoms with Crippen molar-refractivity contribution in [3.05, 3.63) is 70.7 Å². The Bertz CT molecular complexity index is 1240. The topological polar surface area (TPSA) is 108 Å². The minimum absolute atomic E-state index is 0.00141. The SMILES string of the molecule is Cc1nc(-c2ccccc2)sc1C(=O)NNC(=O)c1cccc(S(=O)(=O)N(C)C(C)C)c1. The van der Waals surface area contributed by atoms with Crippen molar-refractivity contribution in [2.45, 2.75) is 31.7 Å². The number of thiazole rings is 1. The van der Waals surface area contributed by atoms with Crippen LogP contribution >= 0.6 is 11.3 Å². The van der Waals surface area contributed by atoms with Crippen molar-refractivity contribution in [2.24, 2.45) is 0 Å². The van der Waals surface area contributed by atoms with Crippen molar-refractivity contribution in [1.82, 2.24) is 20.1 Å². The third-order valence-corrected chi connectivity index (χ3v) is 8.05. The first-order chi connectivity index (χ1) is 15.1. The van der Waals surface area contributed by atoms with E-state index in [0.717, 1.165) is 5.56 Å². The highest BCUT2D eigenvalue weighted by Gasteiger charge is 2.24. The van der Waals surface area contributed by atoms with Crippen LogP contribution in [0.4, 0.5) is 0 Å². The molecule has 0 aliphatic heterocycles. The van der Waals surface area contributed by atoms with E-state index in [1.165, 1.54) is 47.0 Å². The number of hydrazine groups is 1. The Morgan fingerprint density at radius 1 is 1.00 bits per heavy atom. The van der Waals surface area contributed by atoms with Gasteiger partial charge in [-0.2, -0.15) is 4.31 Å². The standard InChI is InChI=1S/C22H24N4O4S2/c1-14(2)26(4)32(29,30)18-12-8-11-17(13-18)20(27)24-25-21(28)19-15(3)23-22(31-19)16-9-6-5-7-10-16/h5-14H,1-4H3,(H,24,27)(H,25,28). The van der Waals surface area contributed by atoms with Gasteiger partial charge in [0.15, 0.2) is 0 Å². The monoisotopic (exact) mass is 472 g/mol. The molecule has 168 valence electrons. The number of nitrogens with zero attached hydrogens (tertiary/aromatic N) is 2. The van der Waals surface area contributed by atoms with Gasteiger partial charge in [0.2, 0.25) is 10.0 Å². The number of rotatable bonds is 6. The zero-order chi connectivity index (χ0) is 23.5. The summed E-state index contributed by atoms with van der Waals surface area (Å²) in [5.41, 5.74) is 6.26. The number of hydrogen-bond donors (Lipinski definition) is 2. The van der Waals surface area contributed by atoms with Gasteiger partial charge in [0.05, 0.1) is 10.6 Å². The number of aryl methyl sites for hydroxylation is 1. The third kappa shape index (κ3) is 5.04. The molecule has 3 rings (SSSR count).